The number of unbranched alkanes of at least 4 members (excludes halogenated alkanes) is 1. The first-order valence-corrected chi connectivity index (χ1v) is 8.58. The molecule has 1 aliphatic heterocycles. The van der Waals surface area contributed by atoms with E-state index >= 15 is 0 Å². The number of likely N-dealkylation sites (tertiary alicyclic amines) is 1. The number of benzene rings is 1. The molecule has 8 nitrogen and oxygen atoms in total. The molecule has 9 heteroatoms. The third kappa shape index (κ3) is 4.67. The molecule has 1 aromatic carbocycles. The molecular weight excluding hydrogens is 341 g/mol. The summed E-state index contributed by atoms with van der Waals surface area (Å²) in [5, 5.41) is 27.2. The lowest BCUT2D eigenvalue weighted by molar-refractivity contribution is -0.140. The normalized spacial score (nSPS) is 13.9. The highest BCUT2D eigenvalue weighted by Crippen LogP contribution is 2.34. The summed E-state index contributed by atoms with van der Waals surface area (Å²) in [6.45, 7) is 2.68. The Hall–Kier alpha value is -2.26. The predicted molar refractivity (Wildman–Crippen MR) is 93.3 cm³/mol. The molecule has 0 saturated carbocycles. The Morgan fingerprint density at radius 2 is 2.04 bits per heavy atom. The van der Waals surface area contributed by atoms with Gasteiger partial charge in [0.25, 0.3) is 0 Å². The van der Waals surface area contributed by atoms with Gasteiger partial charge < -0.3 is 29.5 Å². The van der Waals surface area contributed by atoms with Crippen molar-refractivity contribution < 1.29 is 34.2 Å². The summed E-state index contributed by atoms with van der Waals surface area (Å²) < 4.78 is 10.7. The topological polar surface area (TPSA) is 117 Å². The lowest BCUT2D eigenvalue weighted by atomic mass is 10.0. The SMILES string of the molecule is CCc1ccc(OC2CN(C(=O)CCCCO)C2)c(C(=O)O)c1O[B]O. The maximum Gasteiger partial charge on any atom is 0.569 e. The molecule has 26 heavy (non-hydrogen) atoms. The molecule has 1 amide bonds. The fourth-order valence-corrected chi connectivity index (χ4v) is 2.82. The molecule has 0 unspecified atom stereocenters. The van der Waals surface area contributed by atoms with Gasteiger partial charge in [0.1, 0.15) is 23.2 Å². The first kappa shape index (κ1) is 20.1. The first-order chi connectivity index (χ1) is 12.5. The molecule has 0 bridgehead atoms. The summed E-state index contributed by atoms with van der Waals surface area (Å²) in [5.74, 6) is -1.03. The van der Waals surface area contributed by atoms with Gasteiger partial charge in [-0.25, -0.2) is 4.79 Å². The van der Waals surface area contributed by atoms with E-state index in [4.69, 9.17) is 19.5 Å². The summed E-state index contributed by atoms with van der Waals surface area (Å²) >= 11 is 0. The maximum atomic E-state index is 11.9. The number of hydrogen-bond acceptors (Lipinski definition) is 6. The Morgan fingerprint density at radius 1 is 1.31 bits per heavy atom. The summed E-state index contributed by atoms with van der Waals surface area (Å²) in [6.07, 6.45) is 1.84. The van der Waals surface area contributed by atoms with E-state index in [0.717, 1.165) is 0 Å². The molecule has 0 spiro atoms. The lowest BCUT2D eigenvalue weighted by Crippen LogP contribution is -2.56. The number of hydrogen-bond donors (Lipinski definition) is 3. The molecule has 1 aliphatic rings. The number of nitrogens with zero attached hydrogens (tertiary/aromatic N) is 1. The van der Waals surface area contributed by atoms with Crippen LogP contribution in [0.5, 0.6) is 11.5 Å². The van der Waals surface area contributed by atoms with E-state index in [1.165, 1.54) is 0 Å². The minimum atomic E-state index is -1.22. The zero-order valence-electron chi connectivity index (χ0n) is 14.7. The molecule has 3 N–H and O–H groups in total. The van der Waals surface area contributed by atoms with E-state index in [0.29, 0.717) is 52.0 Å². The van der Waals surface area contributed by atoms with Gasteiger partial charge >= 0.3 is 13.7 Å². The number of ether oxygens (including phenoxy) is 1. The number of amides is 1. The van der Waals surface area contributed by atoms with E-state index in [9.17, 15) is 14.7 Å². The van der Waals surface area contributed by atoms with Crippen LogP contribution in [-0.2, 0) is 11.2 Å². The van der Waals surface area contributed by atoms with Crippen molar-refractivity contribution in [3.05, 3.63) is 23.3 Å². The van der Waals surface area contributed by atoms with E-state index in [2.05, 4.69) is 0 Å². The van der Waals surface area contributed by atoms with Crippen molar-refractivity contribution in [2.45, 2.75) is 38.7 Å². The number of carboxylic acids is 1. The number of aromatic carboxylic acids is 1. The van der Waals surface area contributed by atoms with Crippen LogP contribution < -0.4 is 9.39 Å². The van der Waals surface area contributed by atoms with Crippen molar-refractivity contribution in [1.82, 2.24) is 4.90 Å². The van der Waals surface area contributed by atoms with E-state index in [-0.39, 0.29) is 35.7 Å². The average Bonchev–Trinajstić information content (AvgIpc) is 2.57. The second-order valence-corrected chi connectivity index (χ2v) is 6.03. The second kappa shape index (κ2) is 9.44. The van der Waals surface area contributed by atoms with E-state index < -0.39 is 5.97 Å². The molecule has 0 aliphatic carbocycles. The number of aliphatic hydroxyl groups is 1. The largest absolute Gasteiger partial charge is 0.569 e. The van der Waals surface area contributed by atoms with Crippen LogP contribution in [-0.4, -0.2) is 65.5 Å². The van der Waals surface area contributed by atoms with Crippen LogP contribution in [0.25, 0.3) is 0 Å². The number of aryl methyl sites for hydroxylation is 1. The van der Waals surface area contributed by atoms with Gasteiger partial charge in [0, 0.05) is 13.0 Å². The highest BCUT2D eigenvalue weighted by molar-refractivity contribution is 6.18. The van der Waals surface area contributed by atoms with Crippen molar-refractivity contribution in [2.24, 2.45) is 0 Å². The smallest absolute Gasteiger partial charge is 0.536 e. The van der Waals surface area contributed by atoms with Crippen LogP contribution in [0.2, 0.25) is 0 Å². The van der Waals surface area contributed by atoms with Gasteiger partial charge in [-0.05, 0) is 30.9 Å². The van der Waals surface area contributed by atoms with Gasteiger partial charge in [0.2, 0.25) is 5.91 Å². The zero-order chi connectivity index (χ0) is 19.1. The Morgan fingerprint density at radius 3 is 2.62 bits per heavy atom. The molecule has 1 fully saturated rings. The van der Waals surface area contributed by atoms with Crippen LogP contribution in [0.4, 0.5) is 0 Å². The number of aliphatic hydroxyl groups excluding tert-OH is 1. The van der Waals surface area contributed by atoms with E-state index in [1.807, 2.05) is 6.92 Å². The summed E-state index contributed by atoms with van der Waals surface area (Å²) in [5.41, 5.74) is 0.483. The van der Waals surface area contributed by atoms with Gasteiger partial charge in [-0.2, -0.15) is 0 Å². The fourth-order valence-electron chi connectivity index (χ4n) is 2.82. The number of carboxylic acid groups (broad SMARTS) is 1. The van der Waals surface area contributed by atoms with Gasteiger partial charge in [0.05, 0.1) is 13.1 Å². The standard InChI is InChI=1S/C17H23BNO7/c1-2-11-6-7-13(15(17(22)23)16(11)26-18-24)25-12-9-19(10-12)14(21)5-3-4-8-20/h6-7,12,20,24H,2-5,8-10H2,1H3,(H,22,23). The highest BCUT2D eigenvalue weighted by Gasteiger charge is 2.33. The molecule has 0 aromatic heterocycles. The Labute approximate surface area is 152 Å². The molecule has 0 atom stereocenters. The van der Waals surface area contributed by atoms with Crippen LogP contribution in [0, 0.1) is 0 Å². The molecule has 2 rings (SSSR count). The van der Waals surface area contributed by atoms with Crippen molar-refractivity contribution in [3.63, 3.8) is 0 Å². The Balaban J connectivity index is 2.03. The van der Waals surface area contributed by atoms with Crippen molar-refractivity contribution >= 4 is 19.6 Å². The minimum absolute atomic E-state index is 0.00279. The van der Waals surface area contributed by atoms with Crippen molar-refractivity contribution in [1.29, 1.82) is 0 Å². The van der Waals surface area contributed by atoms with E-state index in [1.54, 1.807) is 17.0 Å². The molecule has 1 aromatic rings. The third-order valence-electron chi connectivity index (χ3n) is 4.26. The Kier molecular flexibility index (Phi) is 7.29. The average molecular weight is 364 g/mol. The van der Waals surface area contributed by atoms with Crippen molar-refractivity contribution in [2.75, 3.05) is 19.7 Å². The van der Waals surface area contributed by atoms with Gasteiger partial charge in [-0.1, -0.05) is 13.0 Å². The highest BCUT2D eigenvalue weighted by atomic mass is 16.5. The van der Waals surface area contributed by atoms with Gasteiger partial charge in [0.15, 0.2) is 0 Å². The first-order valence-electron chi connectivity index (χ1n) is 8.58. The molecule has 1 heterocycles. The second-order valence-electron chi connectivity index (χ2n) is 6.03. The third-order valence-corrected chi connectivity index (χ3v) is 4.26. The van der Waals surface area contributed by atoms with Gasteiger partial charge in [-0.3, -0.25) is 4.79 Å². The predicted octanol–water partition coefficient (Wildman–Crippen LogP) is 0.605. The fraction of sp³-hybridized carbons (Fsp3) is 0.529. The number of rotatable bonds is 10. The van der Waals surface area contributed by atoms with Crippen LogP contribution in [0.15, 0.2) is 12.1 Å². The Bertz CT molecular complexity index is 646. The molecule has 1 radical (unpaired) electrons. The summed E-state index contributed by atoms with van der Waals surface area (Å²) in [7, 11) is 0.445. The van der Waals surface area contributed by atoms with Crippen LogP contribution in [0.3, 0.4) is 0 Å². The monoisotopic (exact) mass is 364 g/mol. The molecule has 1 saturated heterocycles. The van der Waals surface area contributed by atoms with Crippen LogP contribution >= 0.6 is 0 Å². The lowest BCUT2D eigenvalue weighted by Gasteiger charge is -2.39. The van der Waals surface area contributed by atoms with Crippen molar-refractivity contribution in [3.8, 4) is 11.5 Å². The zero-order valence-corrected chi connectivity index (χ0v) is 14.7. The molecular formula is C17H23BNO7. The quantitative estimate of drug-likeness (QED) is 0.411. The van der Waals surface area contributed by atoms with Crippen LogP contribution in [0.1, 0.15) is 42.1 Å². The maximum absolute atomic E-state index is 11.9. The number of carbonyl (C=O) groups excluding carboxylic acids is 1. The van der Waals surface area contributed by atoms with Gasteiger partial charge in [-0.15, -0.1) is 0 Å². The summed E-state index contributed by atoms with van der Waals surface area (Å²) in [6, 6.07) is 3.26. The summed E-state index contributed by atoms with van der Waals surface area (Å²) in [4.78, 5) is 25.2. The molecule has 141 valence electrons. The minimum Gasteiger partial charge on any atom is -0.536 e. The number of carbonyl (C=O) groups is 2.